The molecule has 0 bridgehead atoms. The molecule has 0 radical (unpaired) electrons. The van der Waals surface area contributed by atoms with Crippen LogP contribution in [0.5, 0.6) is 0 Å². The van der Waals surface area contributed by atoms with Crippen LogP contribution in [-0.4, -0.2) is 23.0 Å². The topological polar surface area (TPSA) is 63.3 Å². The Hall–Kier alpha value is -0.410. The van der Waals surface area contributed by atoms with Crippen molar-refractivity contribution in [3.05, 3.63) is 0 Å². The van der Waals surface area contributed by atoms with Crippen molar-refractivity contribution in [1.82, 2.24) is 0 Å². The number of nitrogens with two attached hydrogens (primary N) is 1. The first-order chi connectivity index (χ1) is 8.10. The molecule has 0 saturated heterocycles. The quantitative estimate of drug-likeness (QED) is 0.548. The Bertz CT molecular complexity index is 200. The smallest absolute Gasteiger partial charge is 0.165 e. The van der Waals surface area contributed by atoms with E-state index in [0.29, 0.717) is 12.8 Å². The summed E-state index contributed by atoms with van der Waals surface area (Å²) in [5.74, 6) is -0.0870. The fourth-order valence-corrected chi connectivity index (χ4v) is 1.93. The van der Waals surface area contributed by atoms with Crippen molar-refractivity contribution in [2.45, 2.75) is 77.2 Å². The lowest BCUT2D eigenvalue weighted by atomic mass is 9.91. The van der Waals surface area contributed by atoms with Crippen LogP contribution in [0.25, 0.3) is 0 Å². The first-order valence-corrected chi connectivity index (χ1v) is 7.06. The average Bonchev–Trinajstić information content (AvgIpc) is 2.36. The monoisotopic (exact) mass is 243 g/mol. The van der Waals surface area contributed by atoms with Gasteiger partial charge in [0, 0.05) is 13.0 Å². The van der Waals surface area contributed by atoms with E-state index >= 15 is 0 Å². The van der Waals surface area contributed by atoms with Crippen LogP contribution in [0.2, 0.25) is 0 Å². The Morgan fingerprint density at radius 1 is 1.06 bits per heavy atom. The van der Waals surface area contributed by atoms with E-state index in [1.165, 1.54) is 32.1 Å². The first-order valence-electron chi connectivity index (χ1n) is 7.06. The summed E-state index contributed by atoms with van der Waals surface area (Å²) in [6.07, 6.45) is 9.17. The summed E-state index contributed by atoms with van der Waals surface area (Å²) in [5, 5.41) is 9.90. The number of aliphatic hydroxyl groups is 1. The highest BCUT2D eigenvalue weighted by Gasteiger charge is 2.30. The number of hydrogen-bond acceptors (Lipinski definition) is 3. The highest BCUT2D eigenvalue weighted by Crippen LogP contribution is 2.15. The van der Waals surface area contributed by atoms with Gasteiger partial charge in [-0.15, -0.1) is 0 Å². The number of hydrogen-bond donors (Lipinski definition) is 2. The minimum absolute atomic E-state index is 0.0405. The van der Waals surface area contributed by atoms with E-state index in [2.05, 4.69) is 6.92 Å². The summed E-state index contributed by atoms with van der Waals surface area (Å²) in [6.45, 7) is 4.05. The Kier molecular flexibility index (Phi) is 9.37. The van der Waals surface area contributed by atoms with E-state index in [-0.39, 0.29) is 12.3 Å². The molecule has 0 heterocycles. The molecule has 1 atom stereocenters. The molecule has 0 aliphatic carbocycles. The van der Waals surface area contributed by atoms with Gasteiger partial charge >= 0.3 is 0 Å². The van der Waals surface area contributed by atoms with Gasteiger partial charge in [-0.25, -0.2) is 0 Å². The van der Waals surface area contributed by atoms with Crippen molar-refractivity contribution in [3.8, 4) is 0 Å². The maximum atomic E-state index is 11.7. The normalized spacial score (nSPS) is 14.6. The van der Waals surface area contributed by atoms with E-state index < -0.39 is 5.60 Å². The van der Waals surface area contributed by atoms with Crippen LogP contribution in [0.1, 0.15) is 71.6 Å². The molecule has 0 spiro atoms. The van der Waals surface area contributed by atoms with Gasteiger partial charge in [-0.05, 0) is 12.8 Å². The number of ketones is 1. The Morgan fingerprint density at radius 3 is 2.06 bits per heavy atom. The maximum absolute atomic E-state index is 11.7. The summed E-state index contributed by atoms with van der Waals surface area (Å²) >= 11 is 0. The fourth-order valence-electron chi connectivity index (χ4n) is 1.93. The zero-order valence-electron chi connectivity index (χ0n) is 11.5. The van der Waals surface area contributed by atoms with Crippen molar-refractivity contribution in [1.29, 1.82) is 0 Å². The van der Waals surface area contributed by atoms with Crippen LogP contribution < -0.4 is 5.73 Å². The van der Waals surface area contributed by atoms with Gasteiger partial charge in [0.2, 0.25) is 0 Å². The number of rotatable bonds is 11. The summed E-state index contributed by atoms with van der Waals surface area (Å²) in [7, 11) is 0. The van der Waals surface area contributed by atoms with E-state index in [4.69, 9.17) is 5.73 Å². The van der Waals surface area contributed by atoms with Gasteiger partial charge < -0.3 is 10.8 Å². The second-order valence-corrected chi connectivity index (χ2v) is 4.88. The molecule has 17 heavy (non-hydrogen) atoms. The van der Waals surface area contributed by atoms with Crippen LogP contribution in [0.4, 0.5) is 0 Å². The molecule has 0 aromatic rings. The molecular formula is C14H29NO2. The SMILES string of the molecule is CCCCCCCCCC(=O)C(O)(CC)CN. The molecule has 0 rings (SSSR count). The van der Waals surface area contributed by atoms with Crippen molar-refractivity contribution in [3.63, 3.8) is 0 Å². The van der Waals surface area contributed by atoms with E-state index in [0.717, 1.165) is 12.8 Å². The molecule has 0 aromatic heterocycles. The predicted molar refractivity (Wildman–Crippen MR) is 71.9 cm³/mol. The van der Waals surface area contributed by atoms with E-state index in [9.17, 15) is 9.90 Å². The molecule has 0 saturated carbocycles. The third-order valence-corrected chi connectivity index (χ3v) is 3.45. The van der Waals surface area contributed by atoms with Crippen molar-refractivity contribution >= 4 is 5.78 Å². The lowest BCUT2D eigenvalue weighted by Gasteiger charge is -2.22. The lowest BCUT2D eigenvalue weighted by Crippen LogP contribution is -2.45. The van der Waals surface area contributed by atoms with Gasteiger partial charge in [-0.3, -0.25) is 4.79 Å². The highest BCUT2D eigenvalue weighted by atomic mass is 16.3. The minimum Gasteiger partial charge on any atom is -0.381 e. The highest BCUT2D eigenvalue weighted by molar-refractivity contribution is 5.87. The summed E-state index contributed by atoms with van der Waals surface area (Å²) in [5.41, 5.74) is 4.16. The first kappa shape index (κ1) is 16.6. The Labute approximate surface area is 106 Å². The second-order valence-electron chi connectivity index (χ2n) is 4.88. The molecule has 1 unspecified atom stereocenters. The average molecular weight is 243 g/mol. The van der Waals surface area contributed by atoms with Crippen LogP contribution in [0.15, 0.2) is 0 Å². The van der Waals surface area contributed by atoms with E-state index in [1.54, 1.807) is 6.92 Å². The molecule has 3 N–H and O–H groups in total. The molecule has 3 heteroatoms. The van der Waals surface area contributed by atoms with Crippen LogP contribution in [0, 0.1) is 0 Å². The standard InChI is InChI=1S/C14H29NO2/c1-3-5-6-7-8-9-10-11-13(16)14(17,4-2)12-15/h17H,3-12,15H2,1-2H3. The Balaban J connectivity index is 3.57. The molecule has 102 valence electrons. The maximum Gasteiger partial charge on any atom is 0.165 e. The zero-order valence-corrected chi connectivity index (χ0v) is 11.5. The van der Waals surface area contributed by atoms with Crippen LogP contribution in [0.3, 0.4) is 0 Å². The fraction of sp³-hybridized carbons (Fsp3) is 0.929. The van der Waals surface area contributed by atoms with Gasteiger partial charge in [-0.2, -0.15) is 0 Å². The van der Waals surface area contributed by atoms with Crippen molar-refractivity contribution in [2.75, 3.05) is 6.54 Å². The van der Waals surface area contributed by atoms with Crippen LogP contribution in [-0.2, 0) is 4.79 Å². The number of Topliss-reactive ketones (excluding diaryl/α,β-unsaturated/α-hetero) is 1. The van der Waals surface area contributed by atoms with Crippen molar-refractivity contribution in [2.24, 2.45) is 5.73 Å². The molecule has 0 aromatic carbocycles. The predicted octanol–water partition coefficient (Wildman–Crippen LogP) is 2.80. The molecular weight excluding hydrogens is 214 g/mol. The second kappa shape index (κ2) is 9.60. The summed E-state index contributed by atoms with van der Waals surface area (Å²) in [4.78, 5) is 11.7. The van der Waals surface area contributed by atoms with Gasteiger partial charge in [0.15, 0.2) is 5.78 Å². The molecule has 3 nitrogen and oxygen atoms in total. The van der Waals surface area contributed by atoms with Gasteiger partial charge in [0.05, 0.1) is 0 Å². The van der Waals surface area contributed by atoms with Gasteiger partial charge in [0.25, 0.3) is 0 Å². The lowest BCUT2D eigenvalue weighted by molar-refractivity contribution is -0.136. The van der Waals surface area contributed by atoms with Crippen LogP contribution >= 0.6 is 0 Å². The Morgan fingerprint density at radius 2 is 1.59 bits per heavy atom. The number of carbonyl (C=O) groups excluding carboxylic acids is 1. The largest absolute Gasteiger partial charge is 0.381 e. The molecule has 0 aliphatic heterocycles. The molecule has 0 amide bonds. The molecule has 0 fully saturated rings. The number of carbonyl (C=O) groups is 1. The van der Waals surface area contributed by atoms with Gasteiger partial charge in [-0.1, -0.05) is 52.4 Å². The summed E-state index contributed by atoms with van der Waals surface area (Å²) < 4.78 is 0. The molecule has 0 aliphatic rings. The van der Waals surface area contributed by atoms with Crippen molar-refractivity contribution < 1.29 is 9.90 Å². The van der Waals surface area contributed by atoms with Gasteiger partial charge in [0.1, 0.15) is 5.60 Å². The van der Waals surface area contributed by atoms with E-state index in [1.807, 2.05) is 0 Å². The minimum atomic E-state index is -1.28. The zero-order chi connectivity index (χ0) is 13.1. The summed E-state index contributed by atoms with van der Waals surface area (Å²) in [6, 6.07) is 0. The third kappa shape index (κ3) is 6.79. The number of unbranched alkanes of at least 4 members (excludes halogenated alkanes) is 6. The third-order valence-electron chi connectivity index (χ3n) is 3.45.